The zero-order valence-electron chi connectivity index (χ0n) is 8.52. The van der Waals surface area contributed by atoms with E-state index in [1.807, 2.05) is 0 Å². The predicted octanol–water partition coefficient (Wildman–Crippen LogP) is 0.633. The van der Waals surface area contributed by atoms with Crippen LogP contribution in [-0.4, -0.2) is 32.5 Å². The lowest BCUT2D eigenvalue weighted by Crippen LogP contribution is -2.29. The minimum Gasteiger partial charge on any atom is -0.381 e. The molecule has 1 aliphatic carbocycles. The Balaban J connectivity index is 1.49. The van der Waals surface area contributed by atoms with Crippen LogP contribution in [0.25, 0.3) is 0 Å². The second-order valence-electron chi connectivity index (χ2n) is 5.07. The molecule has 0 radical (unpaired) electrons. The topological polar surface area (TPSA) is 44.5 Å². The SMILES string of the molecule is NC(CC1CCOC1)C1C2COCC21. The van der Waals surface area contributed by atoms with Crippen molar-refractivity contribution in [1.82, 2.24) is 0 Å². The third-order valence-electron chi connectivity index (χ3n) is 4.14. The fraction of sp³-hybridized carbons (Fsp3) is 1.00. The Hall–Kier alpha value is -0.120. The van der Waals surface area contributed by atoms with Crippen LogP contribution in [0.15, 0.2) is 0 Å². The molecule has 4 unspecified atom stereocenters. The molecule has 4 atom stereocenters. The Morgan fingerprint density at radius 1 is 1.14 bits per heavy atom. The van der Waals surface area contributed by atoms with Crippen molar-refractivity contribution < 1.29 is 9.47 Å². The van der Waals surface area contributed by atoms with Crippen molar-refractivity contribution in [2.45, 2.75) is 18.9 Å². The predicted molar refractivity (Wildman–Crippen MR) is 52.8 cm³/mol. The normalized spacial score (nSPS) is 47.8. The number of ether oxygens (including phenoxy) is 2. The zero-order chi connectivity index (χ0) is 9.54. The number of nitrogens with two attached hydrogens (primary N) is 1. The summed E-state index contributed by atoms with van der Waals surface area (Å²) in [5, 5.41) is 0. The second kappa shape index (κ2) is 3.47. The quantitative estimate of drug-likeness (QED) is 0.722. The molecule has 0 bridgehead atoms. The van der Waals surface area contributed by atoms with E-state index in [1.54, 1.807) is 0 Å². The number of hydrogen-bond acceptors (Lipinski definition) is 3. The molecule has 0 spiro atoms. The van der Waals surface area contributed by atoms with Crippen LogP contribution in [0.5, 0.6) is 0 Å². The molecule has 2 N–H and O–H groups in total. The first-order chi connectivity index (χ1) is 6.86. The number of hydrogen-bond donors (Lipinski definition) is 1. The summed E-state index contributed by atoms with van der Waals surface area (Å²) in [6.45, 7) is 3.80. The highest BCUT2D eigenvalue weighted by Gasteiger charge is 2.56. The molecule has 3 fully saturated rings. The van der Waals surface area contributed by atoms with Gasteiger partial charge >= 0.3 is 0 Å². The fourth-order valence-electron chi connectivity index (χ4n) is 3.23. The maximum absolute atomic E-state index is 6.24. The van der Waals surface area contributed by atoms with Crippen LogP contribution >= 0.6 is 0 Å². The third kappa shape index (κ3) is 1.47. The van der Waals surface area contributed by atoms with Crippen LogP contribution in [0, 0.1) is 23.7 Å². The van der Waals surface area contributed by atoms with E-state index in [-0.39, 0.29) is 0 Å². The Morgan fingerprint density at radius 2 is 1.93 bits per heavy atom. The summed E-state index contributed by atoms with van der Waals surface area (Å²) in [5.41, 5.74) is 6.24. The van der Waals surface area contributed by atoms with E-state index in [1.165, 1.54) is 6.42 Å². The molecule has 3 rings (SSSR count). The van der Waals surface area contributed by atoms with Crippen LogP contribution in [0.2, 0.25) is 0 Å². The van der Waals surface area contributed by atoms with Gasteiger partial charge in [-0.3, -0.25) is 0 Å². The average molecular weight is 197 g/mol. The minimum absolute atomic E-state index is 0.403. The van der Waals surface area contributed by atoms with E-state index >= 15 is 0 Å². The average Bonchev–Trinajstić information content (AvgIpc) is 2.63. The molecule has 3 aliphatic rings. The first-order valence-electron chi connectivity index (χ1n) is 5.77. The zero-order valence-corrected chi connectivity index (χ0v) is 8.52. The Labute approximate surface area is 84.9 Å². The van der Waals surface area contributed by atoms with E-state index in [9.17, 15) is 0 Å². The Kier molecular flexibility index (Phi) is 2.26. The van der Waals surface area contributed by atoms with Crippen molar-refractivity contribution in [2.75, 3.05) is 26.4 Å². The first kappa shape index (κ1) is 9.13. The van der Waals surface area contributed by atoms with Crippen molar-refractivity contribution in [3.05, 3.63) is 0 Å². The lowest BCUT2D eigenvalue weighted by molar-refractivity contribution is 0.142. The highest BCUT2D eigenvalue weighted by atomic mass is 16.5. The highest BCUT2D eigenvalue weighted by Crippen LogP contribution is 2.53. The lowest BCUT2D eigenvalue weighted by atomic mass is 9.95. The number of rotatable bonds is 3. The lowest BCUT2D eigenvalue weighted by Gasteiger charge is -2.17. The van der Waals surface area contributed by atoms with E-state index in [0.29, 0.717) is 6.04 Å². The molecular weight excluding hydrogens is 178 g/mol. The van der Waals surface area contributed by atoms with Gasteiger partial charge in [0.15, 0.2) is 0 Å². The second-order valence-corrected chi connectivity index (χ2v) is 5.07. The molecule has 2 aliphatic heterocycles. The first-order valence-corrected chi connectivity index (χ1v) is 5.77. The molecular formula is C11H19NO2. The largest absolute Gasteiger partial charge is 0.381 e. The molecule has 0 amide bonds. The van der Waals surface area contributed by atoms with E-state index in [4.69, 9.17) is 15.2 Å². The summed E-state index contributed by atoms with van der Waals surface area (Å²) in [7, 11) is 0. The summed E-state index contributed by atoms with van der Waals surface area (Å²) in [5.74, 6) is 3.09. The molecule has 0 aromatic rings. The van der Waals surface area contributed by atoms with Gasteiger partial charge in [-0.1, -0.05) is 0 Å². The van der Waals surface area contributed by atoms with Crippen molar-refractivity contribution >= 4 is 0 Å². The van der Waals surface area contributed by atoms with Crippen LogP contribution in [0.4, 0.5) is 0 Å². The van der Waals surface area contributed by atoms with Gasteiger partial charge in [0, 0.05) is 19.3 Å². The van der Waals surface area contributed by atoms with Gasteiger partial charge in [-0.25, -0.2) is 0 Å². The van der Waals surface area contributed by atoms with Crippen molar-refractivity contribution in [2.24, 2.45) is 29.4 Å². The standard InChI is InChI=1S/C11H19NO2/c12-10(3-7-1-2-13-4-7)11-8-5-14-6-9(8)11/h7-11H,1-6,12H2. The molecule has 14 heavy (non-hydrogen) atoms. The van der Waals surface area contributed by atoms with Gasteiger partial charge in [0.1, 0.15) is 0 Å². The fourth-order valence-corrected chi connectivity index (χ4v) is 3.23. The minimum atomic E-state index is 0.403. The number of fused-ring (bicyclic) bond motifs is 1. The van der Waals surface area contributed by atoms with Crippen LogP contribution in [-0.2, 0) is 9.47 Å². The van der Waals surface area contributed by atoms with Gasteiger partial charge in [-0.15, -0.1) is 0 Å². The summed E-state index contributed by atoms with van der Waals surface area (Å²) in [6.07, 6.45) is 2.38. The smallest absolute Gasteiger partial charge is 0.0501 e. The monoisotopic (exact) mass is 197 g/mol. The van der Waals surface area contributed by atoms with Gasteiger partial charge in [0.25, 0.3) is 0 Å². The van der Waals surface area contributed by atoms with Gasteiger partial charge in [0.2, 0.25) is 0 Å². The summed E-state index contributed by atoms with van der Waals surface area (Å²) in [6, 6.07) is 0.403. The van der Waals surface area contributed by atoms with Gasteiger partial charge in [-0.05, 0) is 36.5 Å². The van der Waals surface area contributed by atoms with Crippen LogP contribution < -0.4 is 5.73 Å². The van der Waals surface area contributed by atoms with Crippen molar-refractivity contribution in [1.29, 1.82) is 0 Å². The third-order valence-corrected chi connectivity index (χ3v) is 4.14. The summed E-state index contributed by atoms with van der Waals surface area (Å²) >= 11 is 0. The van der Waals surface area contributed by atoms with Crippen molar-refractivity contribution in [3.63, 3.8) is 0 Å². The van der Waals surface area contributed by atoms with Gasteiger partial charge in [0.05, 0.1) is 13.2 Å². The highest BCUT2D eigenvalue weighted by molar-refractivity contribution is 5.05. The molecule has 3 heteroatoms. The molecule has 3 nitrogen and oxygen atoms in total. The van der Waals surface area contributed by atoms with Gasteiger partial charge < -0.3 is 15.2 Å². The molecule has 2 saturated heterocycles. The van der Waals surface area contributed by atoms with Crippen LogP contribution in [0.3, 0.4) is 0 Å². The van der Waals surface area contributed by atoms with Gasteiger partial charge in [-0.2, -0.15) is 0 Å². The molecule has 1 saturated carbocycles. The van der Waals surface area contributed by atoms with Crippen molar-refractivity contribution in [3.8, 4) is 0 Å². The molecule has 2 heterocycles. The van der Waals surface area contributed by atoms with E-state index in [0.717, 1.165) is 56.5 Å². The molecule has 80 valence electrons. The molecule has 0 aromatic carbocycles. The Bertz CT molecular complexity index is 205. The molecule has 0 aromatic heterocycles. The maximum atomic E-state index is 6.24. The summed E-state index contributed by atoms with van der Waals surface area (Å²) < 4.78 is 10.7. The van der Waals surface area contributed by atoms with E-state index in [2.05, 4.69) is 0 Å². The summed E-state index contributed by atoms with van der Waals surface area (Å²) in [4.78, 5) is 0. The Morgan fingerprint density at radius 3 is 2.57 bits per heavy atom. The van der Waals surface area contributed by atoms with E-state index < -0.39 is 0 Å². The van der Waals surface area contributed by atoms with Crippen LogP contribution in [0.1, 0.15) is 12.8 Å². The maximum Gasteiger partial charge on any atom is 0.0501 e.